The molecule has 2 heterocycles. The van der Waals surface area contributed by atoms with Crippen molar-refractivity contribution in [1.82, 2.24) is 13.9 Å². The summed E-state index contributed by atoms with van der Waals surface area (Å²) in [4.78, 5) is 5.62. The smallest absolute Gasteiger partial charge is 0.143 e. The van der Waals surface area contributed by atoms with E-state index in [1.807, 2.05) is 29.8 Å². The Morgan fingerprint density at radius 2 is 1.97 bits per heavy atom. The molecular formula is C25H26FN3OS. The summed E-state index contributed by atoms with van der Waals surface area (Å²) in [6, 6.07) is 13.0. The van der Waals surface area contributed by atoms with Gasteiger partial charge < -0.3 is 9.30 Å². The van der Waals surface area contributed by atoms with Gasteiger partial charge in [-0.25, -0.2) is 13.7 Å². The highest BCUT2D eigenvalue weighted by atomic mass is 32.2. The molecule has 0 aliphatic carbocycles. The van der Waals surface area contributed by atoms with Crippen LogP contribution in [0.2, 0.25) is 0 Å². The van der Waals surface area contributed by atoms with Crippen molar-refractivity contribution < 1.29 is 9.13 Å². The topological polar surface area (TPSA) is 30.3 Å². The molecule has 4 rings (SSSR count). The van der Waals surface area contributed by atoms with E-state index in [9.17, 15) is 4.39 Å². The Balaban J connectivity index is 0.00000132. The molecule has 0 bridgehead atoms. The van der Waals surface area contributed by atoms with Crippen LogP contribution in [-0.4, -0.2) is 27.5 Å². The summed E-state index contributed by atoms with van der Waals surface area (Å²) < 4.78 is 23.1. The number of nitrogens with zero attached hydrogens (tertiary/aromatic N) is 3. The van der Waals surface area contributed by atoms with Crippen LogP contribution in [-0.2, 0) is 6.54 Å². The van der Waals surface area contributed by atoms with Crippen molar-refractivity contribution in [3.05, 3.63) is 82.5 Å². The summed E-state index contributed by atoms with van der Waals surface area (Å²) in [5, 5.41) is 0. The molecule has 0 atom stereocenters. The summed E-state index contributed by atoms with van der Waals surface area (Å²) in [7, 11) is 1.69. The predicted molar refractivity (Wildman–Crippen MR) is 126 cm³/mol. The van der Waals surface area contributed by atoms with Gasteiger partial charge in [-0.2, -0.15) is 0 Å². The molecule has 1 fully saturated rings. The van der Waals surface area contributed by atoms with Gasteiger partial charge in [0.15, 0.2) is 0 Å². The van der Waals surface area contributed by atoms with E-state index in [1.54, 1.807) is 25.4 Å². The molecule has 0 saturated carbocycles. The molecule has 160 valence electrons. The van der Waals surface area contributed by atoms with Gasteiger partial charge in [0.25, 0.3) is 0 Å². The highest BCUT2D eigenvalue weighted by Crippen LogP contribution is 2.35. The van der Waals surface area contributed by atoms with Crippen molar-refractivity contribution in [2.75, 3.05) is 13.7 Å². The largest absolute Gasteiger partial charge is 0.495 e. The monoisotopic (exact) mass is 435 g/mol. The lowest BCUT2D eigenvalue weighted by Crippen LogP contribution is -2.20. The Morgan fingerprint density at radius 3 is 2.65 bits per heavy atom. The quantitative estimate of drug-likeness (QED) is 0.371. The molecule has 0 N–H and O–H groups in total. The van der Waals surface area contributed by atoms with E-state index in [4.69, 9.17) is 4.74 Å². The number of benzene rings is 2. The molecule has 6 heteroatoms. The summed E-state index contributed by atoms with van der Waals surface area (Å²) in [6.45, 7) is 3.81. The van der Waals surface area contributed by atoms with Gasteiger partial charge in [0.2, 0.25) is 0 Å². The number of ether oxygens (including phenoxy) is 1. The van der Waals surface area contributed by atoms with Gasteiger partial charge in [0.1, 0.15) is 11.6 Å². The summed E-state index contributed by atoms with van der Waals surface area (Å²) in [6.07, 6.45) is 16.2. The number of methoxy groups -OCH3 is 1. The summed E-state index contributed by atoms with van der Waals surface area (Å²) in [5.41, 5.74) is 4.19. The molecule has 0 unspecified atom stereocenters. The molecule has 3 aromatic rings. The van der Waals surface area contributed by atoms with Crippen molar-refractivity contribution in [2.24, 2.45) is 0 Å². The Hall–Kier alpha value is -3.01. The molecular weight excluding hydrogens is 409 g/mol. The maximum Gasteiger partial charge on any atom is 0.143 e. The zero-order chi connectivity index (χ0) is 22.2. The number of hydrogen-bond donors (Lipinski definition) is 0. The van der Waals surface area contributed by atoms with Crippen LogP contribution in [0, 0.1) is 25.6 Å². The van der Waals surface area contributed by atoms with Crippen molar-refractivity contribution in [3.8, 4) is 24.3 Å². The second-order valence-corrected chi connectivity index (χ2v) is 8.37. The third-order valence-electron chi connectivity index (χ3n) is 4.87. The fourth-order valence-corrected chi connectivity index (χ4v) is 4.62. The van der Waals surface area contributed by atoms with Gasteiger partial charge in [0, 0.05) is 24.2 Å². The normalized spacial score (nSPS) is 15.3. The number of rotatable bonds is 5. The number of hydrogen-bond acceptors (Lipinski definition) is 4. The predicted octanol–water partition coefficient (Wildman–Crippen LogP) is 5.86. The van der Waals surface area contributed by atoms with Crippen LogP contribution in [0.1, 0.15) is 29.7 Å². The number of aryl methyl sites for hydroxylation is 1. The van der Waals surface area contributed by atoms with Crippen LogP contribution in [0.3, 0.4) is 0 Å². The Morgan fingerprint density at radius 1 is 1.19 bits per heavy atom. The third-order valence-corrected chi connectivity index (χ3v) is 6.00. The molecule has 1 aliphatic rings. The average molecular weight is 436 g/mol. The zero-order valence-electron chi connectivity index (χ0n) is 17.8. The second kappa shape index (κ2) is 10.9. The number of terminal acetylenes is 1. The first kappa shape index (κ1) is 22.7. The lowest BCUT2D eigenvalue weighted by atomic mass is 10.1. The maximum absolute atomic E-state index is 13.1. The lowest BCUT2D eigenvalue weighted by molar-refractivity contribution is 0.413. The third kappa shape index (κ3) is 6.00. The first-order valence-electron chi connectivity index (χ1n) is 10.0. The van der Waals surface area contributed by atoms with Gasteiger partial charge in [-0.05, 0) is 73.2 Å². The maximum atomic E-state index is 13.1. The average Bonchev–Trinajstić information content (AvgIpc) is 3.23. The fraction of sp³-hybridized carbons (Fsp3) is 0.240. The van der Waals surface area contributed by atoms with Crippen molar-refractivity contribution >= 4 is 18.0 Å². The minimum atomic E-state index is -0.191. The Labute approximate surface area is 187 Å². The van der Waals surface area contributed by atoms with Crippen LogP contribution in [0.25, 0.3) is 11.8 Å². The van der Waals surface area contributed by atoms with E-state index < -0.39 is 0 Å². The number of imidazole rings is 1. The summed E-state index contributed by atoms with van der Waals surface area (Å²) >= 11 is 1.79. The van der Waals surface area contributed by atoms with Gasteiger partial charge >= 0.3 is 0 Å². The zero-order valence-corrected chi connectivity index (χ0v) is 18.6. The minimum absolute atomic E-state index is 0.191. The second-order valence-electron chi connectivity index (χ2n) is 7.15. The van der Waals surface area contributed by atoms with E-state index in [-0.39, 0.29) is 5.82 Å². The van der Waals surface area contributed by atoms with Crippen LogP contribution < -0.4 is 4.74 Å². The molecule has 1 aliphatic heterocycles. The fourth-order valence-electron chi connectivity index (χ4n) is 3.43. The number of aromatic nitrogens is 2. The Kier molecular flexibility index (Phi) is 7.94. The minimum Gasteiger partial charge on any atom is -0.495 e. The van der Waals surface area contributed by atoms with Gasteiger partial charge in [-0.15, -0.1) is 12.8 Å². The molecule has 0 spiro atoms. The van der Waals surface area contributed by atoms with Gasteiger partial charge in [-0.3, -0.25) is 0 Å². The molecule has 0 radical (unpaired) electrons. The first-order valence-corrected chi connectivity index (χ1v) is 10.8. The lowest BCUT2D eigenvalue weighted by Gasteiger charge is -2.27. The molecule has 4 nitrogen and oxygen atoms in total. The van der Waals surface area contributed by atoms with Crippen molar-refractivity contribution in [3.63, 3.8) is 0 Å². The van der Waals surface area contributed by atoms with E-state index >= 15 is 0 Å². The van der Waals surface area contributed by atoms with Gasteiger partial charge in [0.05, 0.1) is 24.8 Å². The first-order chi connectivity index (χ1) is 15.1. The van der Waals surface area contributed by atoms with E-state index in [2.05, 4.69) is 46.4 Å². The van der Waals surface area contributed by atoms with Crippen LogP contribution >= 0.6 is 11.9 Å². The van der Waals surface area contributed by atoms with E-state index in [1.165, 1.54) is 17.0 Å². The summed E-state index contributed by atoms with van der Waals surface area (Å²) in [5.74, 6) is 0.629. The van der Waals surface area contributed by atoms with E-state index in [0.717, 1.165) is 54.2 Å². The van der Waals surface area contributed by atoms with Crippen LogP contribution in [0.4, 0.5) is 4.39 Å². The van der Waals surface area contributed by atoms with Crippen LogP contribution in [0.5, 0.6) is 5.75 Å². The molecule has 2 aromatic carbocycles. The Bertz CT molecular complexity index is 1060. The van der Waals surface area contributed by atoms with Gasteiger partial charge in [-0.1, -0.05) is 18.2 Å². The molecule has 0 amide bonds. The number of allylic oxidation sites excluding steroid dienone is 1. The molecule has 1 aromatic heterocycles. The number of halogens is 1. The van der Waals surface area contributed by atoms with Crippen molar-refractivity contribution in [2.45, 2.75) is 26.3 Å². The molecule has 1 saturated heterocycles. The van der Waals surface area contributed by atoms with Crippen molar-refractivity contribution in [1.29, 1.82) is 0 Å². The molecule has 31 heavy (non-hydrogen) atoms. The van der Waals surface area contributed by atoms with E-state index in [0.29, 0.717) is 0 Å². The van der Waals surface area contributed by atoms with Crippen LogP contribution in [0.15, 0.2) is 59.9 Å². The highest BCUT2D eigenvalue weighted by Gasteiger charge is 2.16. The SMILES string of the molecule is C#C.COc1cc(/C=C2\CCCN(Cc3ccc(F)cc3)S2)ccc1-n1cnc(C)c1. The highest BCUT2D eigenvalue weighted by molar-refractivity contribution is 8.01. The standard InChI is InChI=1S/C23H24FN3OS.C2H2/c1-17-14-26(16-25-17)22-10-7-19(13-23(22)28-2)12-21-4-3-11-27(29-21)15-18-5-8-20(24)9-6-18;1-2/h5-10,12-14,16H,3-4,11,15H2,1-2H3;1-2H/b21-12+;.